The van der Waals surface area contributed by atoms with Crippen molar-refractivity contribution in [2.45, 2.75) is 19.1 Å². The lowest BCUT2D eigenvalue weighted by atomic mass is 10.1. The van der Waals surface area contributed by atoms with Gasteiger partial charge in [0.15, 0.2) is 0 Å². The van der Waals surface area contributed by atoms with Crippen molar-refractivity contribution in [3.05, 3.63) is 18.0 Å². The fourth-order valence-electron chi connectivity index (χ4n) is 1.09. The molecule has 1 aromatic rings. The molecule has 5 nitrogen and oxygen atoms in total. The van der Waals surface area contributed by atoms with E-state index in [1.165, 1.54) is 0 Å². The van der Waals surface area contributed by atoms with Crippen LogP contribution in [0, 0.1) is 0 Å². The molecular formula is C9H17N3O2. The molecule has 0 aliphatic carbocycles. The highest BCUT2D eigenvalue weighted by molar-refractivity contribution is 4.99. The molecule has 0 saturated heterocycles. The molecule has 0 spiro atoms. The van der Waals surface area contributed by atoms with Crippen molar-refractivity contribution in [2.75, 3.05) is 13.2 Å². The topological polar surface area (TPSA) is 70.3 Å². The zero-order chi connectivity index (χ0) is 10.6. The molecule has 0 amide bonds. The van der Waals surface area contributed by atoms with E-state index < -0.39 is 5.60 Å². The van der Waals surface area contributed by atoms with Crippen LogP contribution in [0.5, 0.6) is 0 Å². The van der Waals surface area contributed by atoms with E-state index in [2.05, 4.69) is 10.4 Å². The van der Waals surface area contributed by atoms with Gasteiger partial charge in [-0.2, -0.15) is 5.10 Å². The third kappa shape index (κ3) is 3.10. The molecule has 5 heteroatoms. The Kier molecular flexibility index (Phi) is 3.62. The van der Waals surface area contributed by atoms with Gasteiger partial charge in [-0.05, 0) is 13.0 Å². The number of aryl methyl sites for hydroxylation is 1. The lowest BCUT2D eigenvalue weighted by Gasteiger charge is -2.20. The number of hydrogen-bond donors (Lipinski definition) is 3. The van der Waals surface area contributed by atoms with Crippen molar-refractivity contribution in [3.63, 3.8) is 0 Å². The second-order valence-electron chi connectivity index (χ2n) is 3.70. The van der Waals surface area contributed by atoms with Gasteiger partial charge in [0.05, 0.1) is 17.9 Å². The summed E-state index contributed by atoms with van der Waals surface area (Å²) in [5.41, 5.74) is -0.0165. The van der Waals surface area contributed by atoms with E-state index in [-0.39, 0.29) is 6.61 Å². The molecule has 0 saturated carbocycles. The van der Waals surface area contributed by atoms with Gasteiger partial charge in [0, 0.05) is 26.3 Å². The maximum Gasteiger partial charge on any atom is 0.0972 e. The normalized spacial score (nSPS) is 15.4. The van der Waals surface area contributed by atoms with Gasteiger partial charge in [-0.25, -0.2) is 0 Å². The summed E-state index contributed by atoms with van der Waals surface area (Å²) < 4.78 is 1.76. The predicted octanol–water partition coefficient (Wildman–Crippen LogP) is -0.747. The van der Waals surface area contributed by atoms with E-state index in [9.17, 15) is 5.11 Å². The number of nitrogens with one attached hydrogen (secondary N) is 1. The van der Waals surface area contributed by atoms with E-state index in [1.807, 2.05) is 13.1 Å². The Morgan fingerprint density at radius 1 is 1.64 bits per heavy atom. The molecule has 1 unspecified atom stereocenters. The maximum atomic E-state index is 9.49. The lowest BCUT2D eigenvalue weighted by Crippen LogP contribution is -2.40. The molecule has 3 N–H and O–H groups in total. The lowest BCUT2D eigenvalue weighted by molar-refractivity contribution is 0.00244. The number of aliphatic hydroxyl groups is 2. The van der Waals surface area contributed by atoms with Gasteiger partial charge >= 0.3 is 0 Å². The number of aliphatic hydroxyl groups excluding tert-OH is 1. The first kappa shape index (κ1) is 11.2. The van der Waals surface area contributed by atoms with Crippen molar-refractivity contribution in [1.29, 1.82) is 0 Å². The first-order valence-electron chi connectivity index (χ1n) is 4.56. The molecule has 1 heterocycles. The zero-order valence-electron chi connectivity index (χ0n) is 8.56. The maximum absolute atomic E-state index is 9.49. The van der Waals surface area contributed by atoms with Crippen molar-refractivity contribution in [2.24, 2.45) is 7.05 Å². The van der Waals surface area contributed by atoms with Crippen LogP contribution in [0.25, 0.3) is 0 Å². The van der Waals surface area contributed by atoms with Gasteiger partial charge in [0.1, 0.15) is 0 Å². The summed E-state index contributed by atoms with van der Waals surface area (Å²) in [6.07, 6.45) is 1.72. The number of aromatic nitrogens is 2. The third-order valence-corrected chi connectivity index (χ3v) is 2.08. The molecule has 14 heavy (non-hydrogen) atoms. The van der Waals surface area contributed by atoms with Gasteiger partial charge in [-0.1, -0.05) is 0 Å². The van der Waals surface area contributed by atoms with Gasteiger partial charge in [-0.3, -0.25) is 4.68 Å². The molecule has 0 fully saturated rings. The molecule has 0 aromatic carbocycles. The van der Waals surface area contributed by atoms with Crippen LogP contribution in [-0.2, 0) is 13.6 Å². The Bertz CT molecular complexity index is 283. The van der Waals surface area contributed by atoms with Gasteiger partial charge in [-0.15, -0.1) is 0 Å². The first-order valence-corrected chi connectivity index (χ1v) is 4.56. The highest BCUT2D eigenvalue weighted by Crippen LogP contribution is 2.00. The average Bonchev–Trinajstić information content (AvgIpc) is 2.52. The summed E-state index contributed by atoms with van der Waals surface area (Å²) in [5, 5.41) is 25.4. The molecule has 1 aromatic heterocycles. The molecule has 0 radical (unpaired) electrons. The minimum Gasteiger partial charge on any atom is -0.393 e. The van der Waals surface area contributed by atoms with Crippen LogP contribution >= 0.6 is 0 Å². The minimum absolute atomic E-state index is 0.245. The van der Waals surface area contributed by atoms with E-state index in [4.69, 9.17) is 5.11 Å². The highest BCUT2D eigenvalue weighted by Gasteiger charge is 2.17. The fourth-order valence-corrected chi connectivity index (χ4v) is 1.09. The van der Waals surface area contributed by atoms with Crippen LogP contribution < -0.4 is 5.32 Å². The number of hydrogen-bond acceptors (Lipinski definition) is 4. The van der Waals surface area contributed by atoms with Crippen LogP contribution in [0.1, 0.15) is 12.6 Å². The van der Waals surface area contributed by atoms with Crippen LogP contribution in [0.3, 0.4) is 0 Å². The zero-order valence-corrected chi connectivity index (χ0v) is 8.56. The van der Waals surface area contributed by atoms with Crippen LogP contribution in [0.4, 0.5) is 0 Å². The average molecular weight is 199 g/mol. The van der Waals surface area contributed by atoms with E-state index in [0.717, 1.165) is 5.69 Å². The SMILES string of the molecule is Cn1nccc1CNCC(C)(O)CO. The second-order valence-corrected chi connectivity index (χ2v) is 3.70. The van der Waals surface area contributed by atoms with Crippen molar-refractivity contribution in [1.82, 2.24) is 15.1 Å². The Hall–Kier alpha value is -0.910. The largest absolute Gasteiger partial charge is 0.393 e. The minimum atomic E-state index is -1.06. The molecule has 80 valence electrons. The number of rotatable bonds is 5. The predicted molar refractivity (Wildman–Crippen MR) is 52.6 cm³/mol. The van der Waals surface area contributed by atoms with E-state index >= 15 is 0 Å². The summed E-state index contributed by atoms with van der Waals surface area (Å²) in [6.45, 7) is 2.33. The van der Waals surface area contributed by atoms with Gasteiger partial charge in [0.25, 0.3) is 0 Å². The fraction of sp³-hybridized carbons (Fsp3) is 0.667. The second kappa shape index (κ2) is 4.54. The van der Waals surface area contributed by atoms with E-state index in [1.54, 1.807) is 17.8 Å². The quantitative estimate of drug-likeness (QED) is 0.584. The van der Waals surface area contributed by atoms with Crippen LogP contribution in [0.2, 0.25) is 0 Å². The summed E-state index contributed by atoms with van der Waals surface area (Å²) in [5.74, 6) is 0. The molecule has 0 aliphatic rings. The third-order valence-electron chi connectivity index (χ3n) is 2.08. The van der Waals surface area contributed by atoms with Crippen molar-refractivity contribution >= 4 is 0 Å². The van der Waals surface area contributed by atoms with Gasteiger partial charge < -0.3 is 15.5 Å². The van der Waals surface area contributed by atoms with Crippen LogP contribution in [-0.4, -0.2) is 38.7 Å². The Morgan fingerprint density at radius 3 is 2.86 bits per heavy atom. The molecule has 0 aliphatic heterocycles. The summed E-state index contributed by atoms with van der Waals surface area (Å²) >= 11 is 0. The number of nitrogens with zero attached hydrogens (tertiary/aromatic N) is 2. The molecule has 1 rings (SSSR count). The summed E-state index contributed by atoms with van der Waals surface area (Å²) in [7, 11) is 1.86. The summed E-state index contributed by atoms with van der Waals surface area (Å²) in [4.78, 5) is 0. The highest BCUT2D eigenvalue weighted by atomic mass is 16.3. The van der Waals surface area contributed by atoms with Crippen molar-refractivity contribution < 1.29 is 10.2 Å². The monoisotopic (exact) mass is 199 g/mol. The Morgan fingerprint density at radius 2 is 2.36 bits per heavy atom. The molecule has 1 atom stereocenters. The van der Waals surface area contributed by atoms with Crippen LogP contribution in [0.15, 0.2) is 12.3 Å². The Balaban J connectivity index is 2.32. The smallest absolute Gasteiger partial charge is 0.0972 e. The van der Waals surface area contributed by atoms with Crippen molar-refractivity contribution in [3.8, 4) is 0 Å². The van der Waals surface area contributed by atoms with Gasteiger partial charge in [0.2, 0.25) is 0 Å². The first-order chi connectivity index (χ1) is 6.55. The summed E-state index contributed by atoms with van der Waals surface area (Å²) in [6, 6.07) is 1.90. The molecular weight excluding hydrogens is 182 g/mol. The standard InChI is InChI=1S/C9H17N3O2/c1-9(14,7-13)6-10-5-8-3-4-11-12(8)2/h3-4,10,13-14H,5-7H2,1-2H3. The Labute approximate surface area is 83.4 Å². The molecule has 0 bridgehead atoms. The van der Waals surface area contributed by atoms with E-state index in [0.29, 0.717) is 13.1 Å².